The second-order valence-electron chi connectivity index (χ2n) is 10.7. The van der Waals surface area contributed by atoms with Gasteiger partial charge in [-0.25, -0.2) is 0 Å². The summed E-state index contributed by atoms with van der Waals surface area (Å²) in [5, 5.41) is 3.27. The summed E-state index contributed by atoms with van der Waals surface area (Å²) >= 11 is 0. The van der Waals surface area contributed by atoms with Gasteiger partial charge in [0.2, 0.25) is 11.8 Å². The number of likely N-dealkylation sites (tertiary alicyclic amines) is 2. The van der Waals surface area contributed by atoms with Crippen LogP contribution in [0.2, 0.25) is 0 Å². The number of nitrogens with zero attached hydrogens (tertiary/aromatic N) is 2. The molecule has 6 aliphatic rings. The summed E-state index contributed by atoms with van der Waals surface area (Å²) in [6.45, 7) is 3.57. The highest BCUT2D eigenvalue weighted by molar-refractivity contribution is 5.91. The molecule has 5 heteroatoms. The number of carbonyl (C=O) groups is 2. The topological polar surface area (TPSA) is 52.7 Å². The third-order valence-corrected chi connectivity index (χ3v) is 8.71. The van der Waals surface area contributed by atoms with Crippen LogP contribution in [0.4, 0.5) is 0 Å². The number of carbonyl (C=O) groups excluding carboxylic acids is 2. The predicted octanol–water partition coefficient (Wildman–Crippen LogP) is 2.65. The lowest BCUT2D eigenvalue weighted by Gasteiger charge is -2.56. The van der Waals surface area contributed by atoms with E-state index < -0.39 is 0 Å². The van der Waals surface area contributed by atoms with Gasteiger partial charge in [-0.3, -0.25) is 9.59 Å². The average Bonchev–Trinajstić information content (AvgIpc) is 3.16. The molecule has 5 nitrogen and oxygen atoms in total. The van der Waals surface area contributed by atoms with Crippen molar-refractivity contribution in [3.8, 4) is 0 Å². The molecule has 6 rings (SSSR count). The van der Waals surface area contributed by atoms with Crippen LogP contribution in [0.15, 0.2) is 0 Å². The molecule has 0 aromatic rings. The summed E-state index contributed by atoms with van der Waals surface area (Å²) in [5.74, 6) is 3.60. The first-order valence-electron chi connectivity index (χ1n) is 11.8. The minimum absolute atomic E-state index is 0.114. The fraction of sp³-hybridized carbons (Fsp3) is 0.913. The van der Waals surface area contributed by atoms with Crippen molar-refractivity contribution < 1.29 is 9.59 Å². The second kappa shape index (κ2) is 7.30. The lowest BCUT2D eigenvalue weighted by atomic mass is 9.49. The number of piperidine rings is 1. The van der Waals surface area contributed by atoms with E-state index in [1.807, 2.05) is 11.9 Å². The van der Waals surface area contributed by atoms with Gasteiger partial charge in [0, 0.05) is 19.6 Å². The molecular weight excluding hydrogens is 350 g/mol. The number of nitrogens with one attached hydrogen (secondary N) is 1. The van der Waals surface area contributed by atoms with Crippen molar-refractivity contribution in [3.63, 3.8) is 0 Å². The highest BCUT2D eigenvalue weighted by Gasteiger charge is 2.57. The van der Waals surface area contributed by atoms with E-state index in [4.69, 9.17) is 0 Å². The normalized spacial score (nSPS) is 40.3. The predicted molar refractivity (Wildman–Crippen MR) is 109 cm³/mol. The standard InChI is InChI=1S/C23H37N3O2/c1-24-15-16-4-7-25(8-5-16)21(27)20-3-2-6-26(20)22(28)23-12-17-9-18(13-23)11-19(10-17)14-23/h16-20,24H,2-15H2,1H3. The molecule has 2 amide bonds. The van der Waals surface area contributed by atoms with Crippen LogP contribution in [0, 0.1) is 29.1 Å². The van der Waals surface area contributed by atoms with E-state index in [0.29, 0.717) is 11.8 Å². The quantitative estimate of drug-likeness (QED) is 0.807. The van der Waals surface area contributed by atoms with E-state index in [1.165, 1.54) is 19.3 Å². The lowest BCUT2D eigenvalue weighted by Crippen LogP contribution is -2.58. The minimum Gasteiger partial charge on any atom is -0.341 e. The first kappa shape index (κ1) is 18.9. The molecule has 28 heavy (non-hydrogen) atoms. The van der Waals surface area contributed by atoms with Gasteiger partial charge >= 0.3 is 0 Å². The van der Waals surface area contributed by atoms with Crippen molar-refractivity contribution in [2.75, 3.05) is 33.2 Å². The Morgan fingerprint density at radius 2 is 1.54 bits per heavy atom. The summed E-state index contributed by atoms with van der Waals surface area (Å²) in [4.78, 5) is 31.2. The fourth-order valence-corrected chi connectivity index (χ4v) is 7.80. The van der Waals surface area contributed by atoms with Crippen LogP contribution < -0.4 is 5.32 Å². The van der Waals surface area contributed by atoms with Gasteiger partial charge in [-0.05, 0) is 101 Å². The smallest absolute Gasteiger partial charge is 0.245 e. The first-order chi connectivity index (χ1) is 13.6. The Kier molecular flexibility index (Phi) is 4.93. The van der Waals surface area contributed by atoms with Crippen LogP contribution in [-0.2, 0) is 9.59 Å². The molecule has 4 aliphatic carbocycles. The first-order valence-corrected chi connectivity index (χ1v) is 11.8. The number of rotatable bonds is 4. The largest absolute Gasteiger partial charge is 0.341 e. The minimum atomic E-state index is -0.179. The average molecular weight is 388 g/mol. The highest BCUT2D eigenvalue weighted by Crippen LogP contribution is 2.60. The van der Waals surface area contributed by atoms with E-state index in [0.717, 1.165) is 88.9 Å². The molecular formula is C23H37N3O2. The van der Waals surface area contributed by atoms with Crippen molar-refractivity contribution >= 4 is 11.8 Å². The molecule has 4 bridgehead atoms. The molecule has 0 radical (unpaired) electrons. The van der Waals surface area contributed by atoms with Gasteiger partial charge < -0.3 is 15.1 Å². The molecule has 0 aromatic heterocycles. The van der Waals surface area contributed by atoms with Crippen molar-refractivity contribution in [1.29, 1.82) is 0 Å². The maximum Gasteiger partial charge on any atom is 0.245 e. The van der Waals surface area contributed by atoms with E-state index >= 15 is 0 Å². The molecule has 156 valence electrons. The van der Waals surface area contributed by atoms with Gasteiger partial charge in [-0.2, -0.15) is 0 Å². The second-order valence-corrected chi connectivity index (χ2v) is 10.7. The van der Waals surface area contributed by atoms with Gasteiger partial charge in [0.25, 0.3) is 0 Å². The molecule has 2 heterocycles. The van der Waals surface area contributed by atoms with Crippen LogP contribution >= 0.6 is 0 Å². The summed E-state index contributed by atoms with van der Waals surface area (Å²) < 4.78 is 0. The SMILES string of the molecule is CNCC1CCN(C(=O)C2CCCN2C(=O)C23CC4CC(CC(C4)C2)C3)CC1. The van der Waals surface area contributed by atoms with Crippen LogP contribution in [0.3, 0.4) is 0 Å². The molecule has 1 unspecified atom stereocenters. The van der Waals surface area contributed by atoms with E-state index in [1.54, 1.807) is 0 Å². The molecule has 2 aliphatic heterocycles. The van der Waals surface area contributed by atoms with E-state index in [-0.39, 0.29) is 17.4 Å². The molecule has 0 aromatic carbocycles. The Labute approximate surface area is 169 Å². The highest BCUT2D eigenvalue weighted by atomic mass is 16.2. The third-order valence-electron chi connectivity index (χ3n) is 8.71. The Hall–Kier alpha value is -1.10. The summed E-state index contributed by atoms with van der Waals surface area (Å²) in [6, 6.07) is -0.179. The van der Waals surface area contributed by atoms with Gasteiger partial charge in [0.15, 0.2) is 0 Å². The Morgan fingerprint density at radius 3 is 2.11 bits per heavy atom. The number of amides is 2. The zero-order valence-electron chi connectivity index (χ0n) is 17.5. The zero-order chi connectivity index (χ0) is 19.3. The van der Waals surface area contributed by atoms with E-state index in [9.17, 15) is 9.59 Å². The molecule has 4 saturated carbocycles. The molecule has 6 fully saturated rings. The van der Waals surface area contributed by atoms with Crippen LogP contribution in [0.5, 0.6) is 0 Å². The summed E-state index contributed by atoms with van der Waals surface area (Å²) in [7, 11) is 2.00. The molecule has 0 spiro atoms. The van der Waals surface area contributed by atoms with Gasteiger partial charge in [-0.1, -0.05) is 0 Å². The van der Waals surface area contributed by atoms with Gasteiger partial charge in [-0.15, -0.1) is 0 Å². The summed E-state index contributed by atoms with van der Waals surface area (Å²) in [6.07, 6.45) is 11.4. The van der Waals surface area contributed by atoms with Crippen molar-refractivity contribution in [2.24, 2.45) is 29.1 Å². The van der Waals surface area contributed by atoms with Gasteiger partial charge in [0.1, 0.15) is 6.04 Å². The van der Waals surface area contributed by atoms with Crippen LogP contribution in [0.25, 0.3) is 0 Å². The Bertz CT molecular complexity index is 590. The molecule has 2 saturated heterocycles. The van der Waals surface area contributed by atoms with Crippen molar-refractivity contribution in [2.45, 2.75) is 70.3 Å². The number of hydrogen-bond donors (Lipinski definition) is 1. The maximum absolute atomic E-state index is 13.8. The lowest BCUT2D eigenvalue weighted by molar-refractivity contribution is -0.162. The van der Waals surface area contributed by atoms with Crippen molar-refractivity contribution in [1.82, 2.24) is 15.1 Å². The van der Waals surface area contributed by atoms with E-state index in [2.05, 4.69) is 10.2 Å². The monoisotopic (exact) mass is 387 g/mol. The zero-order valence-corrected chi connectivity index (χ0v) is 17.5. The Balaban J connectivity index is 1.27. The fourth-order valence-electron chi connectivity index (χ4n) is 7.80. The number of hydrogen-bond acceptors (Lipinski definition) is 3. The van der Waals surface area contributed by atoms with Gasteiger partial charge in [0.05, 0.1) is 5.41 Å². The maximum atomic E-state index is 13.8. The third kappa shape index (κ3) is 3.18. The van der Waals surface area contributed by atoms with Crippen molar-refractivity contribution in [3.05, 3.63) is 0 Å². The summed E-state index contributed by atoms with van der Waals surface area (Å²) in [5.41, 5.74) is -0.114. The molecule has 1 atom stereocenters. The Morgan fingerprint density at radius 1 is 0.929 bits per heavy atom. The van der Waals surface area contributed by atoms with Crippen LogP contribution in [-0.4, -0.2) is 60.9 Å². The van der Waals surface area contributed by atoms with Crippen LogP contribution in [0.1, 0.15) is 64.2 Å². The molecule has 1 N–H and O–H groups in total.